The Kier molecular flexibility index (Phi) is 4.79. The Bertz CT molecular complexity index is 449. The van der Waals surface area contributed by atoms with Crippen LogP contribution in [0.25, 0.3) is 0 Å². The van der Waals surface area contributed by atoms with Crippen LogP contribution in [0.2, 0.25) is 0 Å². The summed E-state index contributed by atoms with van der Waals surface area (Å²) in [6.07, 6.45) is -0.243. The molecule has 0 aromatic heterocycles. The van der Waals surface area contributed by atoms with Gasteiger partial charge in [-0.05, 0) is 11.6 Å². The lowest BCUT2D eigenvalue weighted by molar-refractivity contribution is -0.150. The zero-order chi connectivity index (χ0) is 13.7. The largest absolute Gasteiger partial charge is 0.480 e. The summed E-state index contributed by atoms with van der Waals surface area (Å²) < 4.78 is 13.3. The van der Waals surface area contributed by atoms with Gasteiger partial charge in [-0.2, -0.15) is 0 Å². The zero-order valence-electron chi connectivity index (χ0n) is 9.84. The Morgan fingerprint density at radius 1 is 1.39 bits per heavy atom. The number of amides is 1. The number of likely N-dealkylation sites (N-methyl/N-ethyl adjacent to an activating group) is 1. The predicted molar refractivity (Wildman–Crippen MR) is 61.4 cm³/mol. The molecule has 1 rings (SSSR count). The van der Waals surface area contributed by atoms with Gasteiger partial charge in [0, 0.05) is 7.05 Å². The van der Waals surface area contributed by atoms with Crippen molar-refractivity contribution in [3.63, 3.8) is 0 Å². The van der Waals surface area contributed by atoms with Gasteiger partial charge in [-0.25, -0.2) is 9.18 Å². The number of aliphatic hydroxyl groups excluding tert-OH is 1. The molecule has 1 atom stereocenters. The average molecular weight is 255 g/mol. The Hall–Kier alpha value is -1.95. The molecule has 18 heavy (non-hydrogen) atoms. The quantitative estimate of drug-likeness (QED) is 0.791. The van der Waals surface area contributed by atoms with E-state index in [2.05, 4.69) is 0 Å². The fraction of sp³-hybridized carbons (Fsp3) is 0.333. The highest BCUT2D eigenvalue weighted by molar-refractivity contribution is 5.84. The van der Waals surface area contributed by atoms with Crippen molar-refractivity contribution < 1.29 is 24.2 Å². The van der Waals surface area contributed by atoms with Crippen LogP contribution in [0.3, 0.4) is 0 Å². The Balaban J connectivity index is 2.77. The second-order valence-corrected chi connectivity index (χ2v) is 3.81. The molecule has 0 radical (unpaired) electrons. The number of carbonyl (C=O) groups excluding carboxylic acids is 1. The normalized spacial score (nSPS) is 11.9. The van der Waals surface area contributed by atoms with Crippen LogP contribution < -0.4 is 0 Å². The van der Waals surface area contributed by atoms with Gasteiger partial charge in [-0.3, -0.25) is 4.79 Å². The minimum atomic E-state index is -1.32. The lowest BCUT2D eigenvalue weighted by Gasteiger charge is -2.23. The monoisotopic (exact) mass is 255 g/mol. The number of carboxylic acids is 1. The number of hydrogen-bond acceptors (Lipinski definition) is 3. The highest BCUT2D eigenvalue weighted by Gasteiger charge is 2.25. The maximum Gasteiger partial charge on any atom is 0.328 e. The second-order valence-electron chi connectivity index (χ2n) is 3.81. The summed E-state index contributed by atoms with van der Waals surface area (Å²) in [4.78, 5) is 23.4. The molecule has 1 aromatic rings. The van der Waals surface area contributed by atoms with Gasteiger partial charge < -0.3 is 15.1 Å². The summed E-state index contributed by atoms with van der Waals surface area (Å²) >= 11 is 0. The van der Waals surface area contributed by atoms with Crippen LogP contribution in [0.15, 0.2) is 24.3 Å². The Morgan fingerprint density at radius 2 is 2.00 bits per heavy atom. The van der Waals surface area contributed by atoms with E-state index < -0.39 is 30.3 Å². The fourth-order valence-electron chi connectivity index (χ4n) is 1.47. The molecule has 0 saturated carbocycles. The lowest BCUT2D eigenvalue weighted by Crippen LogP contribution is -2.45. The van der Waals surface area contributed by atoms with Crippen LogP contribution in [0, 0.1) is 5.82 Å². The Labute approximate surface area is 103 Å². The first-order valence-corrected chi connectivity index (χ1v) is 5.30. The maximum absolute atomic E-state index is 13.3. The van der Waals surface area contributed by atoms with Gasteiger partial charge in [0.05, 0.1) is 13.0 Å². The van der Waals surface area contributed by atoms with E-state index in [4.69, 9.17) is 10.2 Å². The van der Waals surface area contributed by atoms with E-state index >= 15 is 0 Å². The fourth-order valence-corrected chi connectivity index (χ4v) is 1.47. The summed E-state index contributed by atoms with van der Waals surface area (Å²) in [5.74, 6) is -2.39. The molecule has 1 amide bonds. The molecule has 1 aromatic carbocycles. The van der Waals surface area contributed by atoms with Crippen molar-refractivity contribution >= 4 is 11.9 Å². The molecular weight excluding hydrogens is 241 g/mol. The van der Waals surface area contributed by atoms with E-state index in [1.807, 2.05) is 0 Å². The van der Waals surface area contributed by atoms with Gasteiger partial charge in [0.2, 0.25) is 5.91 Å². The maximum atomic E-state index is 13.3. The number of benzene rings is 1. The van der Waals surface area contributed by atoms with E-state index in [0.29, 0.717) is 0 Å². The lowest BCUT2D eigenvalue weighted by atomic mass is 10.1. The van der Waals surface area contributed by atoms with Gasteiger partial charge in [-0.1, -0.05) is 18.2 Å². The topological polar surface area (TPSA) is 77.8 Å². The van der Waals surface area contributed by atoms with Crippen molar-refractivity contribution in [1.82, 2.24) is 4.90 Å². The number of hydrogen-bond donors (Lipinski definition) is 2. The van der Waals surface area contributed by atoms with Gasteiger partial charge in [0.15, 0.2) is 6.04 Å². The smallest absolute Gasteiger partial charge is 0.328 e. The molecule has 0 saturated heterocycles. The molecule has 0 heterocycles. The predicted octanol–water partition coefficient (Wildman–Crippen LogP) is 0.272. The van der Waals surface area contributed by atoms with Crippen LogP contribution in [0.5, 0.6) is 0 Å². The van der Waals surface area contributed by atoms with Gasteiger partial charge in [-0.15, -0.1) is 0 Å². The molecule has 0 fully saturated rings. The summed E-state index contributed by atoms with van der Waals surface area (Å²) in [6.45, 7) is -0.686. The van der Waals surface area contributed by atoms with Crippen LogP contribution in [-0.4, -0.2) is 46.7 Å². The standard InChI is InChI=1S/C12H14FNO4/c1-14(10(7-15)12(17)18)11(16)6-8-4-2-3-5-9(8)13/h2-5,10,15H,6-7H2,1H3,(H,17,18). The summed E-state index contributed by atoms with van der Waals surface area (Å²) in [5.41, 5.74) is 0.191. The molecule has 5 nitrogen and oxygen atoms in total. The van der Waals surface area contributed by atoms with Crippen molar-refractivity contribution in [1.29, 1.82) is 0 Å². The summed E-state index contributed by atoms with van der Waals surface area (Å²) in [7, 11) is 1.26. The molecule has 0 spiro atoms. The summed E-state index contributed by atoms with van der Waals surface area (Å²) in [6, 6.07) is 4.45. The van der Waals surface area contributed by atoms with Gasteiger partial charge >= 0.3 is 5.97 Å². The molecule has 2 N–H and O–H groups in total. The minimum Gasteiger partial charge on any atom is -0.480 e. The summed E-state index contributed by atoms with van der Waals surface area (Å²) in [5, 5.41) is 17.7. The van der Waals surface area contributed by atoms with Crippen LogP contribution in [0.1, 0.15) is 5.56 Å². The first kappa shape index (κ1) is 14.1. The molecule has 0 aliphatic heterocycles. The van der Waals surface area contributed by atoms with Crippen molar-refractivity contribution in [2.24, 2.45) is 0 Å². The molecule has 6 heteroatoms. The number of aliphatic hydroxyl groups is 1. The van der Waals surface area contributed by atoms with E-state index in [1.165, 1.54) is 25.2 Å². The third kappa shape index (κ3) is 3.27. The number of nitrogens with zero attached hydrogens (tertiary/aromatic N) is 1. The van der Waals surface area contributed by atoms with E-state index in [0.717, 1.165) is 4.90 Å². The molecule has 0 aliphatic carbocycles. The third-order valence-electron chi connectivity index (χ3n) is 2.62. The third-order valence-corrected chi connectivity index (χ3v) is 2.62. The highest BCUT2D eigenvalue weighted by Crippen LogP contribution is 2.09. The molecule has 0 bridgehead atoms. The number of carboxylic acid groups (broad SMARTS) is 1. The minimum absolute atomic E-state index is 0.191. The van der Waals surface area contributed by atoms with Crippen molar-refractivity contribution in [3.05, 3.63) is 35.6 Å². The van der Waals surface area contributed by atoms with Crippen LogP contribution >= 0.6 is 0 Å². The van der Waals surface area contributed by atoms with Crippen LogP contribution in [-0.2, 0) is 16.0 Å². The Morgan fingerprint density at radius 3 is 2.50 bits per heavy atom. The van der Waals surface area contributed by atoms with E-state index in [9.17, 15) is 14.0 Å². The second kappa shape index (κ2) is 6.11. The van der Waals surface area contributed by atoms with Crippen LogP contribution in [0.4, 0.5) is 4.39 Å². The van der Waals surface area contributed by atoms with Crippen molar-refractivity contribution in [2.75, 3.05) is 13.7 Å². The molecule has 0 aliphatic rings. The van der Waals surface area contributed by atoms with Crippen molar-refractivity contribution in [2.45, 2.75) is 12.5 Å². The average Bonchev–Trinajstić information content (AvgIpc) is 2.32. The van der Waals surface area contributed by atoms with Gasteiger partial charge in [0.25, 0.3) is 0 Å². The number of halogens is 1. The number of carbonyl (C=O) groups is 2. The first-order valence-electron chi connectivity index (χ1n) is 5.30. The highest BCUT2D eigenvalue weighted by atomic mass is 19.1. The van der Waals surface area contributed by atoms with Crippen molar-refractivity contribution in [3.8, 4) is 0 Å². The first-order chi connectivity index (χ1) is 8.47. The molecule has 1 unspecified atom stereocenters. The number of rotatable bonds is 5. The molecule has 98 valence electrons. The SMILES string of the molecule is CN(C(=O)Cc1ccccc1F)C(CO)C(=O)O. The van der Waals surface area contributed by atoms with Gasteiger partial charge in [0.1, 0.15) is 5.82 Å². The van der Waals surface area contributed by atoms with E-state index in [-0.39, 0.29) is 12.0 Å². The molecular formula is C12H14FNO4. The van der Waals surface area contributed by atoms with E-state index in [1.54, 1.807) is 6.07 Å². The number of aliphatic carboxylic acids is 1. The zero-order valence-corrected chi connectivity index (χ0v) is 9.84.